The highest BCUT2D eigenvalue weighted by molar-refractivity contribution is 7.99. The lowest BCUT2D eigenvalue weighted by atomic mass is 9.95. The van der Waals surface area contributed by atoms with Crippen molar-refractivity contribution in [2.75, 3.05) is 18.9 Å². The van der Waals surface area contributed by atoms with E-state index in [2.05, 4.69) is 17.4 Å². The Balaban J connectivity index is 1.66. The minimum Gasteiger partial charge on any atom is -0.396 e. The van der Waals surface area contributed by atoms with E-state index in [9.17, 15) is 5.11 Å². The van der Waals surface area contributed by atoms with Crippen LogP contribution in [0.25, 0.3) is 0 Å². The molecule has 1 aromatic carbocycles. The summed E-state index contributed by atoms with van der Waals surface area (Å²) in [4.78, 5) is 1.36. The molecule has 110 valence electrons. The Kier molecular flexibility index (Phi) is 4.92. The van der Waals surface area contributed by atoms with Gasteiger partial charge in [-0.3, -0.25) is 0 Å². The van der Waals surface area contributed by atoms with Gasteiger partial charge in [-0.15, -0.1) is 11.8 Å². The van der Waals surface area contributed by atoms with Gasteiger partial charge in [-0.05, 0) is 67.2 Å². The van der Waals surface area contributed by atoms with Gasteiger partial charge >= 0.3 is 0 Å². The molecule has 1 heterocycles. The summed E-state index contributed by atoms with van der Waals surface area (Å²) in [6.45, 7) is 1.36. The molecule has 1 aromatic rings. The highest BCUT2D eigenvalue weighted by atomic mass is 35.5. The van der Waals surface area contributed by atoms with E-state index in [4.69, 9.17) is 11.6 Å². The lowest BCUT2D eigenvalue weighted by Crippen LogP contribution is -2.31. The van der Waals surface area contributed by atoms with Crippen molar-refractivity contribution in [1.82, 2.24) is 5.32 Å². The standard InChI is InChI=1S/C16H22ClNOS/c17-13-4-5-16-14(8-13)15(6-7-20-16)18-9-11-2-1-3-12(11)10-19/h4-5,8,11-12,15,18-19H,1-3,6-7,9-10H2. The van der Waals surface area contributed by atoms with Crippen molar-refractivity contribution in [2.24, 2.45) is 11.8 Å². The average Bonchev–Trinajstić information content (AvgIpc) is 2.92. The smallest absolute Gasteiger partial charge is 0.0462 e. The first-order chi connectivity index (χ1) is 9.78. The van der Waals surface area contributed by atoms with Crippen LogP contribution >= 0.6 is 23.4 Å². The van der Waals surface area contributed by atoms with Crippen molar-refractivity contribution < 1.29 is 5.11 Å². The molecule has 2 nitrogen and oxygen atoms in total. The third-order valence-corrected chi connectivity index (χ3v) is 6.05. The molecule has 1 fully saturated rings. The van der Waals surface area contributed by atoms with Crippen molar-refractivity contribution in [2.45, 2.75) is 36.6 Å². The zero-order valence-electron chi connectivity index (χ0n) is 11.6. The summed E-state index contributed by atoms with van der Waals surface area (Å²) in [6.07, 6.45) is 4.86. The van der Waals surface area contributed by atoms with E-state index in [1.807, 2.05) is 17.8 Å². The fourth-order valence-corrected chi connectivity index (χ4v) is 4.78. The Morgan fingerprint density at radius 2 is 2.10 bits per heavy atom. The van der Waals surface area contributed by atoms with Gasteiger partial charge in [0.25, 0.3) is 0 Å². The summed E-state index contributed by atoms with van der Waals surface area (Å²) >= 11 is 8.07. The van der Waals surface area contributed by atoms with E-state index < -0.39 is 0 Å². The molecular formula is C16H22ClNOS. The number of fused-ring (bicyclic) bond motifs is 1. The highest BCUT2D eigenvalue weighted by Crippen LogP contribution is 2.38. The topological polar surface area (TPSA) is 32.3 Å². The number of rotatable bonds is 4. The molecule has 1 aliphatic carbocycles. The van der Waals surface area contributed by atoms with Crippen LogP contribution in [0.1, 0.15) is 37.3 Å². The van der Waals surface area contributed by atoms with E-state index in [1.54, 1.807) is 0 Å². The van der Waals surface area contributed by atoms with E-state index in [0.717, 1.165) is 18.0 Å². The van der Waals surface area contributed by atoms with Crippen LogP contribution in [0.15, 0.2) is 23.1 Å². The molecule has 0 aromatic heterocycles. The first-order valence-corrected chi connectivity index (χ1v) is 8.91. The number of benzene rings is 1. The quantitative estimate of drug-likeness (QED) is 0.885. The maximum atomic E-state index is 9.42. The molecule has 2 N–H and O–H groups in total. The van der Waals surface area contributed by atoms with Crippen LogP contribution in [-0.4, -0.2) is 24.0 Å². The van der Waals surface area contributed by atoms with Crippen LogP contribution in [0.4, 0.5) is 0 Å². The first kappa shape index (κ1) is 14.7. The molecule has 3 rings (SSSR count). The normalized spacial score (nSPS) is 29.4. The maximum Gasteiger partial charge on any atom is 0.0462 e. The van der Waals surface area contributed by atoms with Crippen molar-refractivity contribution in [3.63, 3.8) is 0 Å². The Hall–Kier alpha value is -0.220. The Labute approximate surface area is 130 Å². The first-order valence-electron chi connectivity index (χ1n) is 7.54. The second-order valence-electron chi connectivity index (χ2n) is 5.91. The largest absolute Gasteiger partial charge is 0.396 e. The number of hydrogen-bond acceptors (Lipinski definition) is 3. The molecule has 3 unspecified atom stereocenters. The monoisotopic (exact) mass is 311 g/mol. The minimum atomic E-state index is 0.343. The van der Waals surface area contributed by atoms with Gasteiger partial charge in [0.15, 0.2) is 0 Å². The summed E-state index contributed by atoms with van der Waals surface area (Å²) in [5, 5.41) is 14.0. The summed E-state index contributed by atoms with van der Waals surface area (Å²) in [7, 11) is 0. The Morgan fingerprint density at radius 3 is 2.95 bits per heavy atom. The van der Waals surface area contributed by atoms with Gasteiger partial charge in [-0.25, -0.2) is 0 Å². The fraction of sp³-hybridized carbons (Fsp3) is 0.625. The molecule has 3 atom stereocenters. The zero-order valence-corrected chi connectivity index (χ0v) is 13.2. The Bertz CT molecular complexity index is 468. The average molecular weight is 312 g/mol. The van der Waals surface area contributed by atoms with E-state index in [-0.39, 0.29) is 0 Å². The maximum absolute atomic E-state index is 9.42. The SMILES string of the molecule is OCC1CCCC1CNC1CCSc2ccc(Cl)cc21. The molecule has 4 heteroatoms. The minimum absolute atomic E-state index is 0.343. The van der Waals surface area contributed by atoms with Crippen LogP contribution in [0.5, 0.6) is 0 Å². The molecule has 0 saturated heterocycles. The summed E-state index contributed by atoms with van der Waals surface area (Å²) in [5.74, 6) is 2.30. The summed E-state index contributed by atoms with van der Waals surface area (Å²) < 4.78 is 0. The number of aliphatic hydroxyl groups is 1. The fourth-order valence-electron chi connectivity index (χ4n) is 3.49. The van der Waals surface area contributed by atoms with Crippen LogP contribution in [-0.2, 0) is 0 Å². The second-order valence-corrected chi connectivity index (χ2v) is 7.49. The Morgan fingerprint density at radius 1 is 1.25 bits per heavy atom. The van der Waals surface area contributed by atoms with Crippen molar-refractivity contribution in [1.29, 1.82) is 0 Å². The van der Waals surface area contributed by atoms with Crippen molar-refractivity contribution in [3.05, 3.63) is 28.8 Å². The molecular weight excluding hydrogens is 290 g/mol. The van der Waals surface area contributed by atoms with E-state index >= 15 is 0 Å². The lowest BCUT2D eigenvalue weighted by Gasteiger charge is -2.28. The number of aliphatic hydroxyl groups excluding tert-OH is 1. The molecule has 0 radical (unpaired) electrons. The number of halogens is 1. The van der Waals surface area contributed by atoms with Crippen molar-refractivity contribution in [3.8, 4) is 0 Å². The van der Waals surface area contributed by atoms with Crippen molar-refractivity contribution >= 4 is 23.4 Å². The summed E-state index contributed by atoms with van der Waals surface area (Å²) in [5.41, 5.74) is 1.35. The van der Waals surface area contributed by atoms with Gasteiger partial charge in [0.05, 0.1) is 0 Å². The molecule has 1 saturated carbocycles. The van der Waals surface area contributed by atoms with E-state index in [1.165, 1.54) is 35.5 Å². The number of nitrogens with one attached hydrogen (secondary N) is 1. The number of hydrogen-bond donors (Lipinski definition) is 2. The van der Waals surface area contributed by atoms with Crippen LogP contribution < -0.4 is 5.32 Å². The van der Waals surface area contributed by atoms with E-state index in [0.29, 0.717) is 24.5 Å². The predicted molar refractivity (Wildman–Crippen MR) is 85.5 cm³/mol. The number of thioether (sulfide) groups is 1. The molecule has 0 amide bonds. The lowest BCUT2D eigenvalue weighted by molar-refractivity contribution is 0.190. The van der Waals surface area contributed by atoms with Crippen LogP contribution in [0.2, 0.25) is 5.02 Å². The van der Waals surface area contributed by atoms with Gasteiger partial charge in [-0.1, -0.05) is 18.0 Å². The van der Waals surface area contributed by atoms with Gasteiger partial charge in [0.2, 0.25) is 0 Å². The molecule has 0 spiro atoms. The predicted octanol–water partition coefficient (Wildman–Crippen LogP) is 3.88. The third kappa shape index (κ3) is 3.16. The van der Waals surface area contributed by atoms with Gasteiger partial charge in [-0.2, -0.15) is 0 Å². The summed E-state index contributed by atoms with van der Waals surface area (Å²) in [6, 6.07) is 6.65. The molecule has 1 aliphatic heterocycles. The molecule has 20 heavy (non-hydrogen) atoms. The second kappa shape index (κ2) is 6.69. The zero-order chi connectivity index (χ0) is 13.9. The van der Waals surface area contributed by atoms with Crippen LogP contribution in [0, 0.1) is 11.8 Å². The van der Waals surface area contributed by atoms with Gasteiger partial charge < -0.3 is 10.4 Å². The molecule has 0 bridgehead atoms. The third-order valence-electron chi connectivity index (χ3n) is 4.69. The van der Waals surface area contributed by atoms with Gasteiger partial charge in [0.1, 0.15) is 0 Å². The highest BCUT2D eigenvalue weighted by Gasteiger charge is 2.28. The van der Waals surface area contributed by atoms with Crippen LogP contribution in [0.3, 0.4) is 0 Å². The van der Waals surface area contributed by atoms with Gasteiger partial charge in [0, 0.05) is 22.6 Å². The molecule has 2 aliphatic rings.